The van der Waals surface area contributed by atoms with Gasteiger partial charge in [-0.1, -0.05) is 19.1 Å². The number of anilines is 1. The van der Waals surface area contributed by atoms with Crippen LogP contribution < -0.4 is 20.4 Å². The number of piperazine rings is 1. The number of carbonyl (C=O) groups is 3. The third-order valence-corrected chi connectivity index (χ3v) is 10.9. The summed E-state index contributed by atoms with van der Waals surface area (Å²) >= 11 is 0. The smallest absolute Gasteiger partial charge is 0.336 e. The fraction of sp³-hybridized carbons (Fsp3) is 0.457. The Morgan fingerprint density at radius 1 is 1.02 bits per heavy atom. The normalized spacial score (nSPS) is 22.7. The highest BCUT2D eigenvalue weighted by atomic mass is 16.5. The van der Waals surface area contributed by atoms with E-state index in [9.17, 15) is 24.3 Å². The molecule has 4 heterocycles. The minimum Gasteiger partial charge on any atom is -0.481 e. The van der Waals surface area contributed by atoms with Crippen LogP contribution in [0.15, 0.2) is 47.4 Å². The molecule has 0 atom stereocenters. The Morgan fingerprint density at radius 2 is 1.73 bits per heavy atom. The topological polar surface area (TPSA) is 165 Å². The van der Waals surface area contributed by atoms with Crippen LogP contribution >= 0.6 is 0 Å². The number of benzene rings is 1. The standard InChI is InChI=1S/C35H38N8O6/c1-3-25-29(40-12-14-41(15-13-40)32(46)23-6-4-5-7-24(23)33(47)48)30(45)28-31(39-43(38-28)22-10-11-36-27(16-22)49-2)42(25)17-26(44)37-35-18-34(19-35,20-35)21-8-9-21/h4-7,10-11,16,21H,3,8-9,12-15,17-20H2,1-2H3,(H,37,44)(H,47,48). The number of aromatic nitrogens is 5. The second-order valence-corrected chi connectivity index (χ2v) is 13.9. The van der Waals surface area contributed by atoms with Crippen molar-refractivity contribution < 1.29 is 24.2 Å². The molecule has 0 unspecified atom stereocenters. The van der Waals surface area contributed by atoms with Gasteiger partial charge in [-0.15, -0.1) is 15.0 Å². The number of carboxylic acid groups (broad SMARTS) is 1. The number of aromatic carboxylic acids is 1. The molecule has 0 radical (unpaired) electrons. The number of nitrogens with zero attached hydrogens (tertiary/aromatic N) is 7. The highest BCUT2D eigenvalue weighted by Crippen LogP contribution is 2.75. The number of carboxylic acids is 1. The molecule has 5 aliphatic rings. The van der Waals surface area contributed by atoms with Crippen LogP contribution in [0.25, 0.3) is 16.9 Å². The lowest BCUT2D eigenvalue weighted by Gasteiger charge is -2.71. The minimum absolute atomic E-state index is 0.0199. The Kier molecular flexibility index (Phi) is 7.23. The minimum atomic E-state index is -1.16. The summed E-state index contributed by atoms with van der Waals surface area (Å²) in [6.45, 7) is 3.16. The molecule has 4 saturated carbocycles. The largest absolute Gasteiger partial charge is 0.481 e. The maximum Gasteiger partial charge on any atom is 0.336 e. The number of methoxy groups -OCH3 is 1. The number of rotatable bonds is 10. The number of pyridine rings is 2. The van der Waals surface area contributed by atoms with E-state index >= 15 is 0 Å². The van der Waals surface area contributed by atoms with Crippen molar-refractivity contribution in [2.45, 2.75) is 57.5 Å². The third-order valence-electron chi connectivity index (χ3n) is 10.9. The predicted molar refractivity (Wildman–Crippen MR) is 178 cm³/mol. The van der Waals surface area contributed by atoms with Crippen molar-refractivity contribution in [3.05, 3.63) is 69.6 Å². The lowest BCUT2D eigenvalue weighted by Crippen LogP contribution is -2.75. The van der Waals surface area contributed by atoms with Gasteiger partial charge in [-0.05, 0) is 68.1 Å². The van der Waals surface area contributed by atoms with Gasteiger partial charge in [-0.25, -0.2) is 9.78 Å². The summed E-state index contributed by atoms with van der Waals surface area (Å²) in [5.41, 5.74) is 2.16. The maximum atomic E-state index is 14.3. The van der Waals surface area contributed by atoms with E-state index in [1.54, 1.807) is 35.4 Å². The van der Waals surface area contributed by atoms with Gasteiger partial charge in [0, 0.05) is 49.7 Å². The fourth-order valence-electron chi connectivity index (χ4n) is 8.50. The summed E-state index contributed by atoms with van der Waals surface area (Å²) in [6.07, 6.45) is 7.76. The molecule has 4 aliphatic carbocycles. The van der Waals surface area contributed by atoms with Crippen molar-refractivity contribution in [3.8, 4) is 11.6 Å². The molecule has 9 rings (SSSR count). The van der Waals surface area contributed by atoms with E-state index in [2.05, 4.69) is 15.4 Å². The molecular formula is C35H38N8O6. The van der Waals surface area contributed by atoms with Crippen molar-refractivity contribution >= 4 is 34.6 Å². The number of hydrogen-bond acceptors (Lipinski definition) is 9. The monoisotopic (exact) mass is 666 g/mol. The molecule has 2 amide bonds. The van der Waals surface area contributed by atoms with E-state index in [4.69, 9.17) is 9.84 Å². The molecular weight excluding hydrogens is 628 g/mol. The molecule has 3 aromatic heterocycles. The van der Waals surface area contributed by atoms with Crippen LogP contribution in [0.2, 0.25) is 0 Å². The number of ether oxygens (including phenoxy) is 1. The Balaban J connectivity index is 1.12. The summed E-state index contributed by atoms with van der Waals surface area (Å²) in [4.78, 5) is 62.3. The first-order chi connectivity index (χ1) is 23.6. The first kappa shape index (κ1) is 31.0. The van der Waals surface area contributed by atoms with Crippen LogP contribution in [0, 0.1) is 11.3 Å². The molecule has 14 heteroatoms. The zero-order valence-electron chi connectivity index (χ0n) is 27.5. The van der Waals surface area contributed by atoms with Crippen LogP contribution in [0.5, 0.6) is 5.88 Å². The van der Waals surface area contributed by atoms with Gasteiger partial charge in [0.15, 0.2) is 11.2 Å². The van der Waals surface area contributed by atoms with Gasteiger partial charge in [0.25, 0.3) is 5.91 Å². The number of carbonyl (C=O) groups excluding carboxylic acids is 2. The van der Waals surface area contributed by atoms with Crippen LogP contribution in [0.4, 0.5) is 5.69 Å². The summed E-state index contributed by atoms with van der Waals surface area (Å²) in [6, 6.07) is 9.55. The van der Waals surface area contributed by atoms with E-state index in [1.807, 2.05) is 16.4 Å². The molecule has 1 saturated heterocycles. The summed E-state index contributed by atoms with van der Waals surface area (Å²) in [7, 11) is 1.51. The number of amides is 2. The van der Waals surface area contributed by atoms with Gasteiger partial charge in [-0.3, -0.25) is 14.4 Å². The Hall–Kier alpha value is -5.27. The molecule has 1 aliphatic heterocycles. The Labute approximate surface area is 281 Å². The van der Waals surface area contributed by atoms with Crippen molar-refractivity contribution in [1.29, 1.82) is 0 Å². The fourth-order valence-corrected chi connectivity index (χ4v) is 8.50. The quantitative estimate of drug-likeness (QED) is 0.257. The molecule has 2 N–H and O–H groups in total. The van der Waals surface area contributed by atoms with Crippen LogP contribution in [0.3, 0.4) is 0 Å². The number of nitrogens with one attached hydrogen (secondary N) is 1. The van der Waals surface area contributed by atoms with Gasteiger partial charge in [-0.2, -0.15) is 0 Å². The van der Waals surface area contributed by atoms with Crippen molar-refractivity contribution in [2.75, 3.05) is 38.2 Å². The SMILES string of the molecule is CCc1c(N2CCN(C(=O)c3ccccc3C(=O)O)CC2)c(=O)c2nn(-c3ccnc(OC)c3)nc2n1CC(=O)NC12CC(C3CC3)(C1)C2. The molecule has 4 aromatic rings. The van der Waals surface area contributed by atoms with Crippen LogP contribution in [0.1, 0.15) is 65.4 Å². The molecule has 14 nitrogen and oxygen atoms in total. The predicted octanol–water partition coefficient (Wildman–Crippen LogP) is 2.66. The molecule has 254 valence electrons. The Bertz CT molecular complexity index is 2060. The van der Waals surface area contributed by atoms with Crippen LogP contribution in [-0.4, -0.2) is 91.2 Å². The lowest BCUT2D eigenvalue weighted by molar-refractivity contribution is -0.176. The summed E-state index contributed by atoms with van der Waals surface area (Å²) in [5.74, 6) is -0.469. The van der Waals surface area contributed by atoms with E-state index in [-0.39, 0.29) is 59.1 Å². The first-order valence-corrected chi connectivity index (χ1v) is 16.8. The summed E-state index contributed by atoms with van der Waals surface area (Å²) in [5, 5.41) is 22.3. The van der Waals surface area contributed by atoms with E-state index in [0.717, 1.165) is 25.2 Å². The van der Waals surface area contributed by atoms with Crippen LogP contribution in [-0.2, 0) is 17.8 Å². The molecule has 1 aromatic carbocycles. The molecule has 5 fully saturated rings. The van der Waals surface area contributed by atoms with Gasteiger partial charge in [0.1, 0.15) is 12.2 Å². The number of fused-ring (bicyclic) bond motifs is 1. The van der Waals surface area contributed by atoms with E-state index in [0.29, 0.717) is 53.5 Å². The first-order valence-electron chi connectivity index (χ1n) is 16.8. The van der Waals surface area contributed by atoms with Gasteiger partial charge in [0.05, 0.1) is 23.9 Å². The van der Waals surface area contributed by atoms with Crippen molar-refractivity contribution in [1.82, 2.24) is 34.8 Å². The zero-order chi connectivity index (χ0) is 34.1. The maximum absolute atomic E-state index is 14.3. The summed E-state index contributed by atoms with van der Waals surface area (Å²) < 4.78 is 7.10. The van der Waals surface area contributed by atoms with Gasteiger partial charge in [0.2, 0.25) is 17.2 Å². The average Bonchev–Trinajstić information content (AvgIpc) is 3.83. The van der Waals surface area contributed by atoms with Crippen molar-refractivity contribution in [2.24, 2.45) is 11.3 Å². The number of hydrogen-bond donors (Lipinski definition) is 2. The molecule has 2 bridgehead atoms. The second-order valence-electron chi connectivity index (χ2n) is 13.9. The second kappa shape index (κ2) is 11.4. The van der Waals surface area contributed by atoms with Gasteiger partial charge < -0.3 is 29.5 Å². The highest BCUT2D eigenvalue weighted by Gasteiger charge is 2.72. The zero-order valence-corrected chi connectivity index (χ0v) is 27.5. The van der Waals surface area contributed by atoms with Gasteiger partial charge >= 0.3 is 5.97 Å². The average molecular weight is 667 g/mol. The lowest BCUT2D eigenvalue weighted by atomic mass is 9.37. The third kappa shape index (κ3) is 5.11. The van der Waals surface area contributed by atoms with E-state index < -0.39 is 5.97 Å². The molecule has 0 spiro atoms. The Morgan fingerprint density at radius 3 is 2.39 bits per heavy atom. The highest BCUT2D eigenvalue weighted by molar-refractivity contribution is 6.04. The molecule has 49 heavy (non-hydrogen) atoms. The van der Waals surface area contributed by atoms with E-state index in [1.165, 1.54) is 36.9 Å². The van der Waals surface area contributed by atoms with Crippen molar-refractivity contribution in [3.63, 3.8) is 0 Å².